The van der Waals surface area contributed by atoms with Crippen LogP contribution in [0, 0.1) is 11.8 Å². The van der Waals surface area contributed by atoms with Crippen LogP contribution in [0.4, 0.5) is 0 Å². The fourth-order valence-corrected chi connectivity index (χ4v) is 8.98. The van der Waals surface area contributed by atoms with Crippen molar-refractivity contribution in [3.05, 3.63) is 0 Å². The summed E-state index contributed by atoms with van der Waals surface area (Å²) < 4.78 is 24.2. The van der Waals surface area contributed by atoms with Crippen LogP contribution in [0.2, 0.25) is 0 Å². The molecule has 3 unspecified atom stereocenters. The van der Waals surface area contributed by atoms with E-state index in [0.717, 1.165) is 45.3 Å². The summed E-state index contributed by atoms with van der Waals surface area (Å²) in [6.45, 7) is 17.3. The number of esters is 2. The van der Waals surface area contributed by atoms with Crippen molar-refractivity contribution in [3.63, 3.8) is 0 Å². The fraction of sp³-hybridized carbons (Fsp3) is 0.962. The predicted octanol–water partition coefficient (Wildman–Crippen LogP) is 12.5. The minimum absolute atomic E-state index is 0.179. The Hall–Kier alpha value is -1.26. The van der Waals surface area contributed by atoms with E-state index < -0.39 is 0 Å². The maximum Gasteiger partial charge on any atom is 0.308 e. The highest BCUT2D eigenvalue weighted by atomic mass is 16.6. The second-order valence-corrected chi connectivity index (χ2v) is 18.6. The summed E-state index contributed by atoms with van der Waals surface area (Å²) in [6.07, 6.45) is 35.0. The Morgan fingerprint density at radius 1 is 0.557 bits per heavy atom. The molecule has 9 heteroatoms. The lowest BCUT2D eigenvalue weighted by Gasteiger charge is -2.36. The van der Waals surface area contributed by atoms with Crippen molar-refractivity contribution < 1.29 is 33.6 Å². The van der Waals surface area contributed by atoms with E-state index in [1.54, 1.807) is 0 Å². The van der Waals surface area contributed by atoms with E-state index in [1.165, 1.54) is 154 Å². The van der Waals surface area contributed by atoms with Crippen molar-refractivity contribution in [1.82, 2.24) is 9.80 Å². The van der Waals surface area contributed by atoms with Crippen molar-refractivity contribution in [3.8, 4) is 0 Å². The van der Waals surface area contributed by atoms with Crippen LogP contribution < -0.4 is 0 Å². The minimum atomic E-state index is -0.246. The first-order valence-corrected chi connectivity index (χ1v) is 26.5. The molecular weight excluding hydrogens is 765 g/mol. The lowest BCUT2D eigenvalue weighted by Crippen LogP contribution is -2.45. The number of hydrogen-bond donors (Lipinski definition) is 1. The van der Waals surface area contributed by atoms with Crippen LogP contribution in [-0.2, 0) is 28.5 Å². The molecule has 1 saturated carbocycles. The Kier molecular flexibility index (Phi) is 40.4. The van der Waals surface area contributed by atoms with E-state index in [2.05, 4.69) is 44.4 Å². The number of carbonyl (C=O) groups is 2. The first-order valence-electron chi connectivity index (χ1n) is 26.5. The summed E-state index contributed by atoms with van der Waals surface area (Å²) in [5, 5.41) is 9.85. The molecule has 3 atom stereocenters. The van der Waals surface area contributed by atoms with Gasteiger partial charge in [0, 0.05) is 32.2 Å². The van der Waals surface area contributed by atoms with Crippen LogP contribution in [-0.4, -0.2) is 111 Å². The number of hydrogen-bond acceptors (Lipinski definition) is 9. The van der Waals surface area contributed by atoms with E-state index in [-0.39, 0.29) is 50.7 Å². The number of nitrogens with zero attached hydrogens (tertiary/aromatic N) is 2. The zero-order valence-corrected chi connectivity index (χ0v) is 41.1. The maximum absolute atomic E-state index is 13.0. The highest BCUT2D eigenvalue weighted by Gasteiger charge is 2.23. The first-order chi connectivity index (χ1) is 29.9. The molecule has 1 aliphatic carbocycles. The molecule has 0 aromatic rings. The van der Waals surface area contributed by atoms with Gasteiger partial charge in [-0.1, -0.05) is 176 Å². The van der Waals surface area contributed by atoms with Gasteiger partial charge < -0.3 is 24.1 Å². The van der Waals surface area contributed by atoms with Gasteiger partial charge in [-0.05, 0) is 56.9 Å². The fourth-order valence-electron chi connectivity index (χ4n) is 8.98. The van der Waals surface area contributed by atoms with Gasteiger partial charge in [-0.3, -0.25) is 19.4 Å². The van der Waals surface area contributed by atoms with Crippen LogP contribution in [0.25, 0.3) is 0 Å². The molecule has 0 saturated heterocycles. The molecule has 1 N–H and O–H groups in total. The van der Waals surface area contributed by atoms with E-state index in [9.17, 15) is 14.7 Å². The largest absolute Gasteiger partial charge is 0.465 e. The summed E-state index contributed by atoms with van der Waals surface area (Å²) in [7, 11) is 0. The average molecular weight is 867 g/mol. The summed E-state index contributed by atoms with van der Waals surface area (Å²) in [5.41, 5.74) is 0. The average Bonchev–Trinajstić information content (AvgIpc) is 3.27. The molecule has 1 rings (SSSR count). The van der Waals surface area contributed by atoms with Crippen LogP contribution in [0.3, 0.4) is 0 Å². The maximum atomic E-state index is 13.0. The number of ether oxygens (including phenoxy) is 4. The monoisotopic (exact) mass is 867 g/mol. The third-order valence-corrected chi connectivity index (χ3v) is 13.1. The highest BCUT2D eigenvalue weighted by molar-refractivity contribution is 5.69. The number of unbranched alkanes of at least 4 members (excludes halogenated alkanes) is 15. The molecular formula is C52H102N2O7. The molecule has 0 radical (unpaired) electrons. The Morgan fingerprint density at radius 3 is 1.52 bits per heavy atom. The summed E-state index contributed by atoms with van der Waals surface area (Å²) >= 11 is 0. The van der Waals surface area contributed by atoms with Gasteiger partial charge in [0.15, 0.2) is 0 Å². The first kappa shape index (κ1) is 57.8. The molecule has 0 amide bonds. The van der Waals surface area contributed by atoms with Gasteiger partial charge in [0.25, 0.3) is 0 Å². The van der Waals surface area contributed by atoms with Gasteiger partial charge in [0.1, 0.15) is 0 Å². The van der Waals surface area contributed by atoms with Gasteiger partial charge in [-0.25, -0.2) is 0 Å². The molecule has 0 aromatic carbocycles. The van der Waals surface area contributed by atoms with Crippen LogP contribution in [0.15, 0.2) is 0 Å². The summed E-state index contributed by atoms with van der Waals surface area (Å²) in [6, 6.07) is 0.546. The van der Waals surface area contributed by atoms with Gasteiger partial charge in [-0.2, -0.15) is 0 Å². The Bertz CT molecular complexity index is 964. The van der Waals surface area contributed by atoms with Gasteiger partial charge in [0.05, 0.1) is 58.6 Å². The molecule has 61 heavy (non-hydrogen) atoms. The molecule has 1 aliphatic rings. The number of aliphatic hydroxyl groups excluding tert-OH is 1. The Balaban J connectivity index is 2.74. The van der Waals surface area contributed by atoms with Crippen molar-refractivity contribution in [2.45, 2.75) is 239 Å². The molecule has 362 valence electrons. The van der Waals surface area contributed by atoms with Crippen LogP contribution >= 0.6 is 0 Å². The Labute approximate surface area is 377 Å². The van der Waals surface area contributed by atoms with Gasteiger partial charge in [0.2, 0.25) is 0 Å². The van der Waals surface area contributed by atoms with Crippen molar-refractivity contribution in [2.24, 2.45) is 11.8 Å². The summed E-state index contributed by atoms with van der Waals surface area (Å²) in [5.74, 6) is 0.499. The molecule has 0 spiro atoms. The van der Waals surface area contributed by atoms with Crippen molar-refractivity contribution in [1.29, 1.82) is 0 Å². The quantitative estimate of drug-likeness (QED) is 0.0474. The third kappa shape index (κ3) is 33.9. The lowest BCUT2D eigenvalue weighted by molar-refractivity contribution is -0.149. The van der Waals surface area contributed by atoms with E-state index in [4.69, 9.17) is 18.9 Å². The Morgan fingerprint density at radius 2 is 1.02 bits per heavy atom. The number of likely N-dealkylation sites (N-methyl/N-ethyl adjacent to an activating group) is 1. The summed E-state index contributed by atoms with van der Waals surface area (Å²) in [4.78, 5) is 30.8. The molecule has 1 fully saturated rings. The topological polar surface area (TPSA) is 97.8 Å². The number of rotatable bonds is 45. The molecule has 0 heterocycles. The molecule has 9 nitrogen and oxygen atoms in total. The molecule has 0 aliphatic heterocycles. The number of carbonyl (C=O) groups excluding carboxylic acids is 2. The SMILES string of the molecule is CCCCCCCCC(CCCCC)COC(=O)CCOCC(CN(CC)CCN(CCO)C1CCCCC1)OCCC(=O)OCC(CCCCCC)CCCCCCCC. The molecule has 0 aromatic heterocycles. The third-order valence-electron chi connectivity index (χ3n) is 13.1. The van der Waals surface area contributed by atoms with Gasteiger partial charge in [-0.15, -0.1) is 0 Å². The van der Waals surface area contributed by atoms with E-state index in [1.807, 2.05) is 0 Å². The highest BCUT2D eigenvalue weighted by Crippen LogP contribution is 2.23. The second kappa shape index (κ2) is 42.7. The van der Waals surface area contributed by atoms with Crippen LogP contribution in [0.5, 0.6) is 0 Å². The smallest absolute Gasteiger partial charge is 0.308 e. The predicted molar refractivity (Wildman–Crippen MR) is 255 cm³/mol. The zero-order chi connectivity index (χ0) is 44.4. The zero-order valence-electron chi connectivity index (χ0n) is 41.1. The molecule has 0 bridgehead atoms. The second-order valence-electron chi connectivity index (χ2n) is 18.6. The van der Waals surface area contributed by atoms with Crippen molar-refractivity contribution >= 4 is 11.9 Å². The van der Waals surface area contributed by atoms with Crippen molar-refractivity contribution in [2.75, 3.05) is 72.4 Å². The van der Waals surface area contributed by atoms with E-state index in [0.29, 0.717) is 50.8 Å². The van der Waals surface area contributed by atoms with Crippen LogP contribution in [0.1, 0.15) is 227 Å². The van der Waals surface area contributed by atoms with E-state index >= 15 is 0 Å². The van der Waals surface area contributed by atoms with Gasteiger partial charge >= 0.3 is 11.9 Å². The lowest BCUT2D eigenvalue weighted by atomic mass is 9.94. The number of aliphatic hydroxyl groups is 1. The normalized spacial score (nSPS) is 15.1. The minimum Gasteiger partial charge on any atom is -0.465 e. The standard InChI is InChI=1S/C52H102N2O7/c1-6-11-15-18-20-25-31-47(29-23-14-9-4)44-60-51(56)35-41-58-46-50(43-53(10-5)37-38-54(39-40-55)49-33-27-22-28-34-49)59-42-36-52(57)61-45-48(30-24-17-13-8-3)32-26-21-19-16-12-7-2/h47-50,55H,6-46H2,1-5H3.